The van der Waals surface area contributed by atoms with Gasteiger partial charge >= 0.3 is 0 Å². The highest BCUT2D eigenvalue weighted by Gasteiger charge is 2.20. The maximum Gasteiger partial charge on any atom is 0.218 e. The van der Waals surface area contributed by atoms with E-state index in [1.54, 1.807) is 0 Å². The molecule has 13 heavy (non-hydrogen) atoms. The fourth-order valence-electron chi connectivity index (χ4n) is 0.911. The van der Waals surface area contributed by atoms with Crippen LogP contribution in [0.4, 0.5) is 4.39 Å². The zero-order valence-corrected chi connectivity index (χ0v) is 7.45. The van der Waals surface area contributed by atoms with Gasteiger partial charge in [-0.05, 0) is 6.07 Å². The second kappa shape index (κ2) is 4.50. The fourth-order valence-corrected chi connectivity index (χ4v) is 1.08. The molecule has 0 spiro atoms. The molecule has 0 bridgehead atoms. The maximum atomic E-state index is 12.9. The predicted octanol–water partition coefficient (Wildman–Crippen LogP) is 0.854. The van der Waals surface area contributed by atoms with Gasteiger partial charge in [0.05, 0.1) is 12.0 Å². The van der Waals surface area contributed by atoms with Crippen LogP contribution in [0.1, 0.15) is 11.7 Å². The zero-order chi connectivity index (χ0) is 9.84. The van der Waals surface area contributed by atoms with E-state index in [4.69, 9.17) is 16.7 Å². The summed E-state index contributed by atoms with van der Waals surface area (Å²) in [5.74, 6) is -0.950. The summed E-state index contributed by atoms with van der Waals surface area (Å²) in [5, 5.41) is 18.5. The van der Waals surface area contributed by atoms with Gasteiger partial charge < -0.3 is 10.2 Å². The average molecular weight is 206 g/mol. The number of pyridine rings is 1. The van der Waals surface area contributed by atoms with E-state index in [1.165, 1.54) is 18.3 Å². The van der Waals surface area contributed by atoms with Crippen molar-refractivity contribution in [3.05, 3.63) is 29.8 Å². The SMILES string of the molecule is OC(CCl)C(O)c1cccnc1F. The van der Waals surface area contributed by atoms with E-state index in [9.17, 15) is 9.50 Å². The highest BCUT2D eigenvalue weighted by atomic mass is 35.5. The van der Waals surface area contributed by atoms with E-state index in [0.29, 0.717) is 0 Å². The second-order valence-corrected chi connectivity index (χ2v) is 2.86. The molecule has 0 saturated carbocycles. The van der Waals surface area contributed by atoms with Crippen LogP contribution in [-0.4, -0.2) is 27.2 Å². The smallest absolute Gasteiger partial charge is 0.218 e. The Kier molecular flexibility index (Phi) is 3.59. The molecule has 3 nitrogen and oxygen atoms in total. The Hall–Kier alpha value is -0.710. The summed E-state index contributed by atoms with van der Waals surface area (Å²) in [5.41, 5.74) is -0.0457. The molecule has 0 amide bonds. The minimum absolute atomic E-state index is 0.0457. The van der Waals surface area contributed by atoms with Crippen molar-refractivity contribution in [1.82, 2.24) is 4.98 Å². The molecule has 0 radical (unpaired) electrons. The molecule has 0 aliphatic rings. The molecule has 5 heteroatoms. The van der Waals surface area contributed by atoms with E-state index < -0.39 is 18.2 Å². The van der Waals surface area contributed by atoms with Gasteiger partial charge in [-0.3, -0.25) is 0 Å². The van der Waals surface area contributed by atoms with Crippen molar-refractivity contribution >= 4 is 11.6 Å². The van der Waals surface area contributed by atoms with Gasteiger partial charge in [-0.2, -0.15) is 4.39 Å². The van der Waals surface area contributed by atoms with Gasteiger partial charge in [-0.15, -0.1) is 11.6 Å². The van der Waals surface area contributed by atoms with E-state index in [-0.39, 0.29) is 11.4 Å². The topological polar surface area (TPSA) is 53.4 Å². The molecule has 72 valence electrons. The van der Waals surface area contributed by atoms with Crippen LogP contribution < -0.4 is 0 Å². The number of rotatable bonds is 3. The summed E-state index contributed by atoms with van der Waals surface area (Å²) in [4.78, 5) is 3.34. The lowest BCUT2D eigenvalue weighted by molar-refractivity contribution is 0.0300. The number of aromatic nitrogens is 1. The van der Waals surface area contributed by atoms with Crippen molar-refractivity contribution in [2.45, 2.75) is 12.2 Å². The number of aliphatic hydroxyl groups is 2. The molecule has 0 fully saturated rings. The maximum absolute atomic E-state index is 12.9. The predicted molar refractivity (Wildman–Crippen MR) is 45.9 cm³/mol. The Labute approximate surface area is 79.8 Å². The summed E-state index contributed by atoms with van der Waals surface area (Å²) in [6.45, 7) is 0. The van der Waals surface area contributed by atoms with Crippen LogP contribution in [-0.2, 0) is 0 Å². The molecule has 0 saturated heterocycles. The van der Waals surface area contributed by atoms with Crippen molar-refractivity contribution in [3.63, 3.8) is 0 Å². The van der Waals surface area contributed by atoms with Gasteiger partial charge in [0.25, 0.3) is 0 Å². The van der Waals surface area contributed by atoms with Crippen molar-refractivity contribution in [1.29, 1.82) is 0 Å². The van der Waals surface area contributed by atoms with Crippen molar-refractivity contribution < 1.29 is 14.6 Å². The minimum Gasteiger partial charge on any atom is -0.389 e. The quantitative estimate of drug-likeness (QED) is 0.568. The summed E-state index contributed by atoms with van der Waals surface area (Å²) in [6, 6.07) is 2.82. The van der Waals surface area contributed by atoms with Gasteiger partial charge in [0.2, 0.25) is 5.95 Å². The van der Waals surface area contributed by atoms with Crippen molar-refractivity contribution in [2.24, 2.45) is 0 Å². The first-order chi connectivity index (χ1) is 6.16. The van der Waals surface area contributed by atoms with Gasteiger partial charge in [0.1, 0.15) is 6.10 Å². The third-order valence-electron chi connectivity index (χ3n) is 1.63. The van der Waals surface area contributed by atoms with Crippen LogP contribution in [0.5, 0.6) is 0 Å². The number of aliphatic hydroxyl groups excluding tert-OH is 2. The molecule has 2 atom stereocenters. The largest absolute Gasteiger partial charge is 0.389 e. The molecule has 0 aromatic carbocycles. The Bertz CT molecular complexity index is 285. The molecule has 2 N–H and O–H groups in total. The van der Waals surface area contributed by atoms with Crippen molar-refractivity contribution in [2.75, 3.05) is 5.88 Å². The number of hydrogen-bond acceptors (Lipinski definition) is 3. The summed E-state index contributed by atoms with van der Waals surface area (Å²) in [7, 11) is 0. The van der Waals surface area contributed by atoms with Crippen LogP contribution in [0.15, 0.2) is 18.3 Å². The van der Waals surface area contributed by atoms with Gasteiger partial charge in [0.15, 0.2) is 0 Å². The van der Waals surface area contributed by atoms with E-state index in [2.05, 4.69) is 4.98 Å². The molecule has 0 aliphatic heterocycles. The lowest BCUT2D eigenvalue weighted by Crippen LogP contribution is -2.20. The van der Waals surface area contributed by atoms with Gasteiger partial charge in [0, 0.05) is 11.8 Å². The first kappa shape index (κ1) is 10.4. The zero-order valence-electron chi connectivity index (χ0n) is 6.69. The lowest BCUT2D eigenvalue weighted by Gasteiger charge is -2.15. The lowest BCUT2D eigenvalue weighted by atomic mass is 10.1. The van der Waals surface area contributed by atoms with E-state index >= 15 is 0 Å². The summed E-state index contributed by atoms with van der Waals surface area (Å²) < 4.78 is 12.9. The van der Waals surface area contributed by atoms with E-state index in [1.807, 2.05) is 0 Å². The number of hydrogen-bond donors (Lipinski definition) is 2. The Morgan fingerprint density at radius 1 is 1.54 bits per heavy atom. The minimum atomic E-state index is -1.33. The highest BCUT2D eigenvalue weighted by molar-refractivity contribution is 6.18. The van der Waals surface area contributed by atoms with E-state index in [0.717, 1.165) is 0 Å². The number of alkyl halides is 1. The van der Waals surface area contributed by atoms with Crippen LogP contribution in [0.3, 0.4) is 0 Å². The summed E-state index contributed by atoms with van der Waals surface area (Å²) >= 11 is 5.30. The first-order valence-corrected chi connectivity index (χ1v) is 4.22. The number of nitrogens with zero attached hydrogens (tertiary/aromatic N) is 1. The van der Waals surface area contributed by atoms with Crippen LogP contribution in [0.25, 0.3) is 0 Å². The first-order valence-electron chi connectivity index (χ1n) is 3.69. The van der Waals surface area contributed by atoms with Crippen molar-refractivity contribution in [3.8, 4) is 0 Å². The molecule has 0 aliphatic carbocycles. The molecule has 2 unspecified atom stereocenters. The molecule has 1 aromatic rings. The molecule has 1 aromatic heterocycles. The Balaban J connectivity index is 2.88. The van der Waals surface area contributed by atoms with Crippen LogP contribution in [0, 0.1) is 5.95 Å². The van der Waals surface area contributed by atoms with Crippen LogP contribution in [0.2, 0.25) is 0 Å². The standard InChI is InChI=1S/C8H9ClFNO2/c9-4-6(12)7(13)5-2-1-3-11-8(5)10/h1-3,6-7,12-13H,4H2. The third kappa shape index (κ3) is 2.37. The van der Waals surface area contributed by atoms with Gasteiger partial charge in [-0.25, -0.2) is 4.98 Å². The molecular weight excluding hydrogens is 197 g/mol. The average Bonchev–Trinajstić information content (AvgIpc) is 2.16. The second-order valence-electron chi connectivity index (χ2n) is 2.55. The fraction of sp³-hybridized carbons (Fsp3) is 0.375. The Morgan fingerprint density at radius 3 is 2.77 bits per heavy atom. The molecular formula is C8H9ClFNO2. The number of halogens is 2. The monoisotopic (exact) mass is 205 g/mol. The third-order valence-corrected chi connectivity index (χ3v) is 1.95. The summed E-state index contributed by atoms with van der Waals surface area (Å²) in [6.07, 6.45) is -1.25. The molecule has 1 rings (SSSR count). The van der Waals surface area contributed by atoms with Gasteiger partial charge in [-0.1, -0.05) is 6.07 Å². The molecule has 1 heterocycles. The van der Waals surface area contributed by atoms with Crippen LogP contribution >= 0.6 is 11.6 Å². The normalized spacial score (nSPS) is 15.4. The Morgan fingerprint density at radius 2 is 2.23 bits per heavy atom. The highest BCUT2D eigenvalue weighted by Crippen LogP contribution is 2.18.